The Morgan fingerprint density at radius 2 is 2.31 bits per heavy atom. The second kappa shape index (κ2) is 4.01. The van der Waals surface area contributed by atoms with Crippen LogP contribution in [0.1, 0.15) is 32.3 Å². The van der Waals surface area contributed by atoms with Crippen molar-refractivity contribution in [2.24, 2.45) is 0 Å². The van der Waals surface area contributed by atoms with Gasteiger partial charge >= 0.3 is 0 Å². The molecule has 0 aromatic carbocycles. The van der Waals surface area contributed by atoms with Crippen molar-refractivity contribution in [1.82, 2.24) is 4.98 Å². The van der Waals surface area contributed by atoms with Gasteiger partial charge in [-0.3, -0.25) is 0 Å². The highest BCUT2D eigenvalue weighted by Gasteiger charge is 2.34. The fraction of sp³-hybridized carbons (Fsp3) is 0.583. The normalized spacial score (nSPS) is 19.1. The Bertz CT molecular complexity index is 393. The molecule has 1 aromatic heterocycles. The minimum Gasteiger partial charge on any atom is -0.392 e. The summed E-state index contributed by atoms with van der Waals surface area (Å²) in [5, 5.41) is 9.03. The molecule has 1 N–H and O–H groups in total. The predicted molar refractivity (Wildman–Crippen MR) is 60.8 cm³/mol. The summed E-state index contributed by atoms with van der Waals surface area (Å²) in [4.78, 5) is 6.09. The molecule has 0 bridgehead atoms. The molecule has 0 spiro atoms. The van der Waals surface area contributed by atoms with Crippen LogP contribution in [0, 0.1) is 5.82 Å². The largest absolute Gasteiger partial charge is 0.392 e. The number of hydrogen-bond donors (Lipinski definition) is 1. The maximum Gasteiger partial charge on any atom is 0.171 e. The van der Waals surface area contributed by atoms with Crippen LogP contribution in [0.3, 0.4) is 0 Å². The van der Waals surface area contributed by atoms with E-state index in [1.165, 1.54) is 6.07 Å². The van der Waals surface area contributed by atoms with Crippen molar-refractivity contribution in [3.05, 3.63) is 23.6 Å². The monoisotopic (exact) mass is 224 g/mol. The van der Waals surface area contributed by atoms with Crippen molar-refractivity contribution in [3.63, 3.8) is 0 Å². The Labute approximate surface area is 94.9 Å². The topological polar surface area (TPSA) is 36.4 Å². The van der Waals surface area contributed by atoms with E-state index in [-0.39, 0.29) is 18.0 Å². The van der Waals surface area contributed by atoms with Gasteiger partial charge < -0.3 is 10.0 Å². The Morgan fingerprint density at radius 3 is 2.88 bits per heavy atom. The van der Waals surface area contributed by atoms with Gasteiger partial charge in [0.05, 0.1) is 6.61 Å². The van der Waals surface area contributed by atoms with Crippen LogP contribution in [-0.4, -0.2) is 22.2 Å². The van der Waals surface area contributed by atoms with Gasteiger partial charge in [-0.25, -0.2) is 9.37 Å². The zero-order valence-corrected chi connectivity index (χ0v) is 9.70. The van der Waals surface area contributed by atoms with Crippen molar-refractivity contribution in [3.8, 4) is 0 Å². The second-order valence-corrected chi connectivity index (χ2v) is 4.83. The number of anilines is 1. The summed E-state index contributed by atoms with van der Waals surface area (Å²) in [7, 11) is 0. The maximum atomic E-state index is 14.0. The first kappa shape index (κ1) is 11.3. The number of aromatic nitrogens is 1. The highest BCUT2D eigenvalue weighted by molar-refractivity contribution is 5.46. The lowest BCUT2D eigenvalue weighted by Gasteiger charge is -2.33. The lowest BCUT2D eigenvalue weighted by Crippen LogP contribution is -2.39. The van der Waals surface area contributed by atoms with Crippen molar-refractivity contribution < 1.29 is 9.50 Å². The molecule has 16 heavy (non-hydrogen) atoms. The number of aliphatic hydroxyl groups excluding tert-OH is 1. The first-order valence-corrected chi connectivity index (χ1v) is 5.58. The molecule has 1 aromatic rings. The molecular weight excluding hydrogens is 207 g/mol. The third-order valence-electron chi connectivity index (χ3n) is 3.28. The van der Waals surface area contributed by atoms with E-state index < -0.39 is 0 Å². The average Bonchev–Trinajstić information content (AvgIpc) is 2.59. The number of rotatable bonds is 2. The zero-order chi connectivity index (χ0) is 11.8. The van der Waals surface area contributed by atoms with Crippen LogP contribution in [-0.2, 0) is 6.61 Å². The molecule has 0 atom stereocenters. The van der Waals surface area contributed by atoms with E-state index in [9.17, 15) is 4.39 Å². The molecule has 1 aliphatic heterocycles. The van der Waals surface area contributed by atoms with Crippen molar-refractivity contribution in [2.75, 3.05) is 11.4 Å². The predicted octanol–water partition coefficient (Wildman–Crippen LogP) is 2.09. The molecule has 1 fully saturated rings. The van der Waals surface area contributed by atoms with Crippen LogP contribution < -0.4 is 4.90 Å². The van der Waals surface area contributed by atoms with Crippen molar-refractivity contribution in [1.29, 1.82) is 0 Å². The number of pyridine rings is 1. The molecular formula is C12H17FN2O. The number of aliphatic hydroxyl groups is 1. The average molecular weight is 224 g/mol. The van der Waals surface area contributed by atoms with Crippen LogP contribution in [0.5, 0.6) is 0 Å². The van der Waals surface area contributed by atoms with Crippen molar-refractivity contribution >= 4 is 5.82 Å². The van der Waals surface area contributed by atoms with E-state index in [0.29, 0.717) is 11.4 Å². The molecule has 0 amide bonds. The van der Waals surface area contributed by atoms with Gasteiger partial charge in [-0.2, -0.15) is 0 Å². The lowest BCUT2D eigenvalue weighted by molar-refractivity contribution is 0.275. The molecule has 0 saturated carbocycles. The van der Waals surface area contributed by atoms with Crippen LogP contribution in [0.4, 0.5) is 10.2 Å². The Kier molecular flexibility index (Phi) is 2.84. The number of halogens is 1. The van der Waals surface area contributed by atoms with Crippen LogP contribution in [0.25, 0.3) is 0 Å². The summed E-state index contributed by atoms with van der Waals surface area (Å²) >= 11 is 0. The minimum atomic E-state index is -0.389. The first-order chi connectivity index (χ1) is 7.56. The smallest absolute Gasteiger partial charge is 0.171 e. The molecule has 1 aliphatic rings. The first-order valence-electron chi connectivity index (χ1n) is 5.58. The van der Waals surface area contributed by atoms with Gasteiger partial charge in [0.25, 0.3) is 0 Å². The SMILES string of the molecule is CC1(C)CCCN1c1nccc(CO)c1F. The summed E-state index contributed by atoms with van der Waals surface area (Å²) in [6.07, 6.45) is 3.65. The Morgan fingerprint density at radius 1 is 1.56 bits per heavy atom. The highest BCUT2D eigenvalue weighted by atomic mass is 19.1. The quantitative estimate of drug-likeness (QED) is 0.835. The zero-order valence-electron chi connectivity index (χ0n) is 9.70. The maximum absolute atomic E-state index is 14.0. The van der Waals surface area contributed by atoms with Gasteiger partial charge in [-0.1, -0.05) is 0 Å². The van der Waals surface area contributed by atoms with E-state index in [4.69, 9.17) is 5.11 Å². The molecule has 0 unspecified atom stereocenters. The molecule has 3 nitrogen and oxygen atoms in total. The molecule has 2 heterocycles. The third-order valence-corrected chi connectivity index (χ3v) is 3.28. The molecule has 0 aliphatic carbocycles. The Balaban J connectivity index is 2.41. The number of hydrogen-bond acceptors (Lipinski definition) is 3. The molecule has 2 rings (SSSR count). The van der Waals surface area contributed by atoms with Gasteiger partial charge in [-0.05, 0) is 32.8 Å². The fourth-order valence-corrected chi connectivity index (χ4v) is 2.28. The lowest BCUT2D eigenvalue weighted by atomic mass is 10.0. The van der Waals surface area contributed by atoms with E-state index in [1.54, 1.807) is 6.20 Å². The minimum absolute atomic E-state index is 0.0537. The van der Waals surface area contributed by atoms with Gasteiger partial charge in [0.15, 0.2) is 11.6 Å². The number of nitrogens with zero attached hydrogens (tertiary/aromatic N) is 2. The van der Waals surface area contributed by atoms with Gasteiger partial charge in [0, 0.05) is 23.8 Å². The summed E-state index contributed by atoms with van der Waals surface area (Å²) in [5.41, 5.74) is 0.259. The third kappa shape index (κ3) is 1.78. The van der Waals surface area contributed by atoms with Crippen LogP contribution in [0.2, 0.25) is 0 Å². The Hall–Kier alpha value is -1.16. The molecule has 1 saturated heterocycles. The van der Waals surface area contributed by atoms with Gasteiger partial charge in [0.1, 0.15) is 0 Å². The summed E-state index contributed by atoms with van der Waals surface area (Å²) in [5.74, 6) is -0.0194. The standard InChI is InChI=1S/C12H17FN2O/c1-12(2)5-3-7-15(12)11-10(13)9(8-16)4-6-14-11/h4,6,16H,3,5,7-8H2,1-2H3. The fourth-order valence-electron chi connectivity index (χ4n) is 2.28. The van der Waals surface area contributed by atoms with Crippen LogP contribution in [0.15, 0.2) is 12.3 Å². The summed E-state index contributed by atoms with van der Waals surface area (Å²) in [6, 6.07) is 1.52. The molecule has 88 valence electrons. The van der Waals surface area contributed by atoms with Gasteiger partial charge in [-0.15, -0.1) is 0 Å². The van der Waals surface area contributed by atoms with E-state index >= 15 is 0 Å². The molecule has 0 radical (unpaired) electrons. The van der Waals surface area contributed by atoms with E-state index in [2.05, 4.69) is 18.8 Å². The molecule has 4 heteroatoms. The summed E-state index contributed by atoms with van der Waals surface area (Å²) < 4.78 is 14.0. The summed E-state index contributed by atoms with van der Waals surface area (Å²) in [6.45, 7) is 4.72. The van der Waals surface area contributed by atoms with Crippen LogP contribution >= 0.6 is 0 Å². The van der Waals surface area contributed by atoms with Gasteiger partial charge in [0.2, 0.25) is 0 Å². The van der Waals surface area contributed by atoms with E-state index in [0.717, 1.165) is 19.4 Å². The van der Waals surface area contributed by atoms with E-state index in [1.807, 2.05) is 4.90 Å². The second-order valence-electron chi connectivity index (χ2n) is 4.83. The highest BCUT2D eigenvalue weighted by Crippen LogP contribution is 2.34. The van der Waals surface area contributed by atoms with Crippen molar-refractivity contribution in [2.45, 2.75) is 38.8 Å².